The van der Waals surface area contributed by atoms with Crippen LogP contribution >= 0.6 is 0 Å². The Morgan fingerprint density at radius 1 is 1.09 bits per heavy atom. The molecule has 0 saturated heterocycles. The Balaban J connectivity index is 1.37. The van der Waals surface area contributed by atoms with E-state index in [1.54, 1.807) is 36.4 Å². The second-order valence-corrected chi connectivity index (χ2v) is 11.3. The number of esters is 1. The molecule has 6 heteroatoms. The normalized spacial score (nSPS) is 41.1. The number of hydrogen-bond acceptors (Lipinski definition) is 6. The summed E-state index contributed by atoms with van der Waals surface area (Å²) < 4.78 is 5.27. The molecule has 182 valence electrons. The van der Waals surface area contributed by atoms with E-state index in [1.165, 1.54) is 0 Å². The van der Waals surface area contributed by atoms with E-state index in [1.807, 2.05) is 6.92 Å². The lowest BCUT2D eigenvalue weighted by Gasteiger charge is -2.60. The van der Waals surface area contributed by atoms with Crippen LogP contribution in [0.2, 0.25) is 0 Å². The summed E-state index contributed by atoms with van der Waals surface area (Å²) in [5.41, 5.74) is -1.12. The van der Waals surface area contributed by atoms with Gasteiger partial charge in [0.25, 0.3) is 0 Å². The highest BCUT2D eigenvalue weighted by Crippen LogP contribution is 2.67. The van der Waals surface area contributed by atoms with Crippen molar-refractivity contribution in [3.8, 4) is 0 Å². The van der Waals surface area contributed by atoms with Gasteiger partial charge < -0.3 is 14.9 Å². The SMILES string of the molecule is C[C@]12CCC(=O)C=C1CC[C@@H]1[C@@H]2[C@H](O)C[C@@]2(C)[C@H]1CC[C@]2(O)C(=O)COC(=O)c1ccccc1. The number of carbonyl (C=O) groups excluding carboxylic acids is 3. The van der Waals surface area contributed by atoms with Gasteiger partial charge in [-0.25, -0.2) is 4.79 Å². The Labute approximate surface area is 200 Å². The van der Waals surface area contributed by atoms with Crippen LogP contribution in [0.15, 0.2) is 42.0 Å². The van der Waals surface area contributed by atoms with Crippen LogP contribution in [-0.2, 0) is 14.3 Å². The number of hydrogen-bond donors (Lipinski definition) is 2. The van der Waals surface area contributed by atoms with Crippen LogP contribution in [0.4, 0.5) is 0 Å². The first kappa shape index (κ1) is 23.4. The zero-order valence-corrected chi connectivity index (χ0v) is 20.0. The van der Waals surface area contributed by atoms with Crippen molar-refractivity contribution in [2.75, 3.05) is 6.61 Å². The van der Waals surface area contributed by atoms with Crippen molar-refractivity contribution < 1.29 is 29.3 Å². The minimum absolute atomic E-state index is 0.0204. The molecule has 0 bridgehead atoms. The molecule has 1 aromatic carbocycles. The summed E-state index contributed by atoms with van der Waals surface area (Å²) in [5.74, 6) is -0.613. The number of ether oxygens (including phenoxy) is 1. The highest BCUT2D eigenvalue weighted by Gasteiger charge is 2.68. The van der Waals surface area contributed by atoms with Crippen molar-refractivity contribution in [2.45, 2.75) is 70.5 Å². The first-order valence-corrected chi connectivity index (χ1v) is 12.5. The molecule has 3 saturated carbocycles. The van der Waals surface area contributed by atoms with E-state index in [0.717, 1.165) is 24.8 Å². The number of benzene rings is 1. The number of rotatable bonds is 4. The largest absolute Gasteiger partial charge is 0.454 e. The molecule has 2 N–H and O–H groups in total. The summed E-state index contributed by atoms with van der Waals surface area (Å²) >= 11 is 0. The average Bonchev–Trinajstić information content (AvgIpc) is 3.09. The van der Waals surface area contributed by atoms with Crippen LogP contribution in [0.25, 0.3) is 0 Å². The van der Waals surface area contributed by atoms with E-state index in [-0.39, 0.29) is 29.0 Å². The maximum Gasteiger partial charge on any atom is 0.338 e. The van der Waals surface area contributed by atoms with E-state index in [4.69, 9.17) is 4.74 Å². The molecule has 0 heterocycles. The monoisotopic (exact) mass is 466 g/mol. The molecular weight excluding hydrogens is 432 g/mol. The minimum Gasteiger partial charge on any atom is -0.454 e. The molecule has 34 heavy (non-hydrogen) atoms. The van der Waals surface area contributed by atoms with Gasteiger partial charge in [0.05, 0.1) is 11.7 Å². The van der Waals surface area contributed by atoms with Gasteiger partial charge in [-0.2, -0.15) is 0 Å². The first-order chi connectivity index (χ1) is 16.1. The van der Waals surface area contributed by atoms with Gasteiger partial charge in [-0.1, -0.05) is 37.6 Å². The summed E-state index contributed by atoms with van der Waals surface area (Å²) in [6, 6.07) is 8.49. The molecule has 0 amide bonds. The predicted molar refractivity (Wildman–Crippen MR) is 125 cm³/mol. The van der Waals surface area contributed by atoms with Gasteiger partial charge in [0.1, 0.15) is 5.60 Å². The van der Waals surface area contributed by atoms with Gasteiger partial charge in [0, 0.05) is 11.8 Å². The van der Waals surface area contributed by atoms with Gasteiger partial charge in [0.2, 0.25) is 5.78 Å². The van der Waals surface area contributed by atoms with Crippen molar-refractivity contribution in [3.05, 3.63) is 47.5 Å². The number of allylic oxidation sites excluding steroid dienone is 1. The Morgan fingerprint density at radius 3 is 2.56 bits per heavy atom. The zero-order valence-electron chi connectivity index (χ0n) is 20.0. The minimum atomic E-state index is -1.64. The lowest BCUT2D eigenvalue weighted by atomic mass is 9.45. The summed E-state index contributed by atoms with van der Waals surface area (Å²) in [4.78, 5) is 37.7. The molecule has 0 radical (unpaired) electrons. The Hall–Kier alpha value is -2.31. The molecule has 3 fully saturated rings. The highest BCUT2D eigenvalue weighted by molar-refractivity contribution is 5.94. The fourth-order valence-corrected chi connectivity index (χ4v) is 8.06. The number of aliphatic hydroxyl groups excluding tert-OH is 1. The number of aliphatic hydroxyl groups is 2. The molecular formula is C28H34O6. The molecule has 0 aliphatic heterocycles. The summed E-state index contributed by atoms with van der Waals surface area (Å²) in [6.07, 6.45) is 5.40. The maximum absolute atomic E-state index is 13.3. The standard InChI is InChI=1S/C28H34O6/c1-26-12-10-19(29)14-18(26)8-9-20-21-11-13-28(33,27(21,2)15-22(30)24(20)26)23(31)16-34-25(32)17-6-4-3-5-7-17/h3-7,14,20-22,24,30,33H,8-13,15-16H2,1-2H3/t20-,21-,22+,24+,26-,27-,28-/m0/s1. The molecule has 1 aromatic rings. The lowest BCUT2D eigenvalue weighted by Crippen LogP contribution is -2.62. The quantitative estimate of drug-likeness (QED) is 0.657. The van der Waals surface area contributed by atoms with Crippen molar-refractivity contribution in [2.24, 2.45) is 28.6 Å². The second-order valence-electron chi connectivity index (χ2n) is 11.3. The summed E-state index contributed by atoms with van der Waals surface area (Å²) in [5, 5.41) is 23.2. The smallest absolute Gasteiger partial charge is 0.338 e. The van der Waals surface area contributed by atoms with Crippen LogP contribution < -0.4 is 0 Å². The number of fused-ring (bicyclic) bond motifs is 5. The molecule has 0 unspecified atom stereocenters. The van der Waals surface area contributed by atoms with Crippen molar-refractivity contribution >= 4 is 17.5 Å². The number of carbonyl (C=O) groups is 3. The average molecular weight is 467 g/mol. The highest BCUT2D eigenvalue weighted by atomic mass is 16.5. The van der Waals surface area contributed by atoms with Crippen molar-refractivity contribution in [1.82, 2.24) is 0 Å². The summed E-state index contributed by atoms with van der Waals surface area (Å²) in [7, 11) is 0. The van der Waals surface area contributed by atoms with Gasteiger partial charge in [0.15, 0.2) is 12.4 Å². The fraction of sp³-hybridized carbons (Fsp3) is 0.607. The first-order valence-electron chi connectivity index (χ1n) is 12.5. The van der Waals surface area contributed by atoms with E-state index in [9.17, 15) is 24.6 Å². The fourth-order valence-electron chi connectivity index (χ4n) is 8.06. The molecule has 5 rings (SSSR count). The molecule has 7 atom stereocenters. The number of Topliss-reactive ketones (excluding diaryl/α,β-unsaturated/α-hetero) is 1. The predicted octanol–water partition coefficient (Wildman–Crippen LogP) is 3.65. The molecule has 4 aliphatic carbocycles. The van der Waals surface area contributed by atoms with Gasteiger partial charge in [-0.3, -0.25) is 9.59 Å². The van der Waals surface area contributed by atoms with E-state index < -0.39 is 35.5 Å². The molecule has 4 aliphatic rings. The van der Waals surface area contributed by atoms with Crippen molar-refractivity contribution in [1.29, 1.82) is 0 Å². The van der Waals surface area contributed by atoms with Crippen LogP contribution in [-0.4, -0.2) is 46.1 Å². The number of ketones is 2. The molecule has 0 aromatic heterocycles. The summed E-state index contributed by atoms with van der Waals surface area (Å²) in [6.45, 7) is 3.63. The van der Waals surface area contributed by atoms with Crippen LogP contribution in [0.3, 0.4) is 0 Å². The van der Waals surface area contributed by atoms with Gasteiger partial charge in [-0.15, -0.1) is 0 Å². The molecule has 0 spiro atoms. The zero-order chi connectivity index (χ0) is 24.3. The Morgan fingerprint density at radius 2 is 1.82 bits per heavy atom. The molecule has 6 nitrogen and oxygen atoms in total. The third-order valence-corrected chi connectivity index (χ3v) is 9.85. The third-order valence-electron chi connectivity index (χ3n) is 9.85. The van der Waals surface area contributed by atoms with Crippen LogP contribution in [0.1, 0.15) is 69.2 Å². The van der Waals surface area contributed by atoms with Gasteiger partial charge >= 0.3 is 5.97 Å². The Bertz CT molecular complexity index is 1050. The third kappa shape index (κ3) is 3.33. The second kappa shape index (κ2) is 8.13. The van der Waals surface area contributed by atoms with Crippen LogP contribution in [0.5, 0.6) is 0 Å². The van der Waals surface area contributed by atoms with E-state index in [0.29, 0.717) is 31.2 Å². The van der Waals surface area contributed by atoms with E-state index >= 15 is 0 Å². The maximum atomic E-state index is 13.3. The topological polar surface area (TPSA) is 101 Å². The van der Waals surface area contributed by atoms with Gasteiger partial charge in [-0.05, 0) is 79.9 Å². The Kier molecular flexibility index (Phi) is 5.60. The van der Waals surface area contributed by atoms with Crippen LogP contribution in [0, 0.1) is 28.6 Å². The van der Waals surface area contributed by atoms with Crippen molar-refractivity contribution in [3.63, 3.8) is 0 Å². The van der Waals surface area contributed by atoms with E-state index in [2.05, 4.69) is 6.92 Å². The lowest BCUT2D eigenvalue weighted by molar-refractivity contribution is -0.182.